The summed E-state index contributed by atoms with van der Waals surface area (Å²) in [7, 11) is 0. The van der Waals surface area contributed by atoms with Crippen molar-refractivity contribution in [1.82, 2.24) is 24.1 Å². The van der Waals surface area contributed by atoms with E-state index in [-0.39, 0.29) is 5.41 Å². The Hall–Kier alpha value is -9.19. The lowest BCUT2D eigenvalue weighted by atomic mass is 9.82. The Balaban J connectivity index is 0.974. The largest absolute Gasteiger partial charge is 0.307 e. The molecule has 71 heavy (non-hydrogen) atoms. The van der Waals surface area contributed by atoms with Gasteiger partial charge in [-0.05, 0) is 96.0 Å². The number of fused-ring (bicyclic) bond motifs is 16. The topological polar surface area (TPSA) is 48.5 Å². The number of rotatable bonds is 5. The maximum atomic E-state index is 5.57. The molecule has 332 valence electrons. The highest BCUT2D eigenvalue weighted by molar-refractivity contribution is 6.26. The fourth-order valence-electron chi connectivity index (χ4n) is 12.1. The van der Waals surface area contributed by atoms with Crippen molar-refractivity contribution in [2.24, 2.45) is 0 Å². The lowest BCUT2D eigenvalue weighted by Gasteiger charge is -2.21. The molecule has 0 atom stereocenters. The van der Waals surface area contributed by atoms with Crippen molar-refractivity contribution in [2.75, 3.05) is 0 Å². The van der Waals surface area contributed by atoms with Crippen molar-refractivity contribution in [2.45, 2.75) is 19.3 Å². The molecule has 0 aliphatic heterocycles. The molecular weight excluding hydrogens is 863 g/mol. The molecule has 0 unspecified atom stereocenters. The molecule has 14 aromatic rings. The fraction of sp³-hybridized carbons (Fsp3) is 0.0455. The quantitative estimate of drug-likeness (QED) is 0.162. The summed E-state index contributed by atoms with van der Waals surface area (Å²) in [4.78, 5) is 16.3. The third-order valence-electron chi connectivity index (χ3n) is 15.4. The molecule has 0 fully saturated rings. The van der Waals surface area contributed by atoms with Crippen LogP contribution in [0.4, 0.5) is 0 Å². The van der Waals surface area contributed by atoms with E-state index < -0.39 is 0 Å². The first kappa shape index (κ1) is 39.8. The van der Waals surface area contributed by atoms with Gasteiger partial charge in [0.25, 0.3) is 0 Å². The van der Waals surface area contributed by atoms with E-state index in [2.05, 4.69) is 241 Å². The Labute approximate surface area is 409 Å². The van der Waals surface area contributed by atoms with E-state index in [0.717, 1.165) is 60.6 Å². The number of hydrogen-bond acceptors (Lipinski definition) is 3. The van der Waals surface area contributed by atoms with Gasteiger partial charge in [0.05, 0.1) is 22.1 Å². The van der Waals surface area contributed by atoms with E-state index in [4.69, 9.17) is 15.0 Å². The van der Waals surface area contributed by atoms with Crippen LogP contribution >= 0.6 is 0 Å². The van der Waals surface area contributed by atoms with Crippen LogP contribution in [0.25, 0.3) is 133 Å². The Kier molecular flexibility index (Phi) is 8.35. The van der Waals surface area contributed by atoms with Gasteiger partial charge in [-0.3, -0.25) is 4.57 Å². The summed E-state index contributed by atoms with van der Waals surface area (Å²) >= 11 is 0. The van der Waals surface area contributed by atoms with Gasteiger partial charge in [0.1, 0.15) is 0 Å². The summed E-state index contributed by atoms with van der Waals surface area (Å²) < 4.78 is 4.73. The number of benzene rings is 11. The molecular formula is C66H43N5. The van der Waals surface area contributed by atoms with E-state index in [9.17, 15) is 0 Å². The van der Waals surface area contributed by atoms with Gasteiger partial charge in [-0.2, -0.15) is 9.97 Å². The summed E-state index contributed by atoms with van der Waals surface area (Å²) in [5, 5.41) is 12.3. The number of para-hydroxylation sites is 2. The number of nitrogens with zero attached hydrogens (tertiary/aromatic N) is 5. The highest BCUT2D eigenvalue weighted by Gasteiger charge is 2.37. The SMILES string of the molecule is CC1(C)c2ccccc2-c2c(-c3nc(-c4ccccc4)nc(-n4c5ccccc5c5ccc6c7ccccc7n(-c7ccc(-c8ccc9c%10ccccc%10c%10ccccc%10c9c8)cc7)c6c54)n3)cccc21. The van der Waals surface area contributed by atoms with Crippen LogP contribution in [0.15, 0.2) is 224 Å². The number of aromatic nitrogens is 5. The van der Waals surface area contributed by atoms with Gasteiger partial charge in [-0.25, -0.2) is 4.98 Å². The normalized spacial score (nSPS) is 13.0. The van der Waals surface area contributed by atoms with Crippen molar-refractivity contribution < 1.29 is 0 Å². The molecule has 0 saturated heterocycles. The van der Waals surface area contributed by atoms with E-state index >= 15 is 0 Å². The van der Waals surface area contributed by atoms with Gasteiger partial charge in [-0.1, -0.05) is 208 Å². The molecule has 0 bridgehead atoms. The predicted octanol–water partition coefficient (Wildman–Crippen LogP) is 16.8. The maximum Gasteiger partial charge on any atom is 0.238 e. The number of hydrogen-bond donors (Lipinski definition) is 0. The molecule has 3 heterocycles. The molecule has 0 amide bonds. The molecule has 15 rings (SSSR count). The average Bonchev–Trinajstić information content (AvgIpc) is 4.04. The minimum absolute atomic E-state index is 0.177. The van der Waals surface area contributed by atoms with Crippen molar-refractivity contribution in [3.8, 4) is 56.7 Å². The van der Waals surface area contributed by atoms with Crippen molar-refractivity contribution in [1.29, 1.82) is 0 Å². The van der Waals surface area contributed by atoms with Crippen LogP contribution in [0.5, 0.6) is 0 Å². The van der Waals surface area contributed by atoms with Crippen LogP contribution < -0.4 is 0 Å². The van der Waals surface area contributed by atoms with Crippen LogP contribution in [0.3, 0.4) is 0 Å². The van der Waals surface area contributed by atoms with Gasteiger partial charge in [0, 0.05) is 43.8 Å². The van der Waals surface area contributed by atoms with Crippen LogP contribution in [-0.2, 0) is 5.41 Å². The Morgan fingerprint density at radius 1 is 0.324 bits per heavy atom. The maximum absolute atomic E-state index is 5.57. The highest BCUT2D eigenvalue weighted by Crippen LogP contribution is 2.52. The van der Waals surface area contributed by atoms with Gasteiger partial charge >= 0.3 is 0 Å². The highest BCUT2D eigenvalue weighted by atomic mass is 15.2. The standard InChI is InChI=1S/C66H43N5/c1-66(2)56-27-13-10-25-53(56)60-54(26-16-28-57(60)66)64-67-63(41-17-4-3-5-18-41)68-65(69-64)71-59-30-15-12-24-50(59)52-38-37-51-49-23-11-14-29-58(49)70(61(51)62(52)71)43-34-31-40(32-35-43)42-33-36-48-46-21-7-6-19-44(46)45-20-8-9-22-47(45)55(48)39-42/h3-39H,1-2H3. The second-order valence-electron chi connectivity index (χ2n) is 19.5. The van der Waals surface area contributed by atoms with E-state index in [0.29, 0.717) is 17.6 Å². The lowest BCUT2D eigenvalue weighted by molar-refractivity contribution is 0.660. The first-order valence-corrected chi connectivity index (χ1v) is 24.4. The Morgan fingerprint density at radius 3 is 1.51 bits per heavy atom. The summed E-state index contributed by atoms with van der Waals surface area (Å²) in [5.41, 5.74) is 14.5. The van der Waals surface area contributed by atoms with Gasteiger partial charge < -0.3 is 4.57 Å². The van der Waals surface area contributed by atoms with Crippen molar-refractivity contribution in [3.63, 3.8) is 0 Å². The van der Waals surface area contributed by atoms with E-state index in [1.165, 1.54) is 65.5 Å². The monoisotopic (exact) mass is 905 g/mol. The fourth-order valence-corrected chi connectivity index (χ4v) is 12.1. The second kappa shape index (κ2) is 14.9. The molecule has 11 aromatic carbocycles. The lowest BCUT2D eigenvalue weighted by Crippen LogP contribution is -2.14. The van der Waals surface area contributed by atoms with Gasteiger partial charge in [-0.15, -0.1) is 0 Å². The average molecular weight is 906 g/mol. The van der Waals surface area contributed by atoms with E-state index in [1.54, 1.807) is 0 Å². The minimum atomic E-state index is -0.177. The molecule has 0 N–H and O–H groups in total. The summed E-state index contributed by atoms with van der Waals surface area (Å²) in [6, 6.07) is 81.3. The minimum Gasteiger partial charge on any atom is -0.307 e. The molecule has 0 spiro atoms. The molecule has 0 radical (unpaired) electrons. The third kappa shape index (κ3) is 5.72. The van der Waals surface area contributed by atoms with Gasteiger partial charge in [0.2, 0.25) is 5.95 Å². The third-order valence-corrected chi connectivity index (χ3v) is 15.4. The first-order chi connectivity index (χ1) is 35.0. The van der Waals surface area contributed by atoms with Crippen LogP contribution in [-0.4, -0.2) is 24.1 Å². The van der Waals surface area contributed by atoms with Crippen LogP contribution in [0.2, 0.25) is 0 Å². The molecule has 1 aliphatic rings. The zero-order chi connectivity index (χ0) is 47.0. The Morgan fingerprint density at radius 2 is 0.817 bits per heavy atom. The molecule has 1 aliphatic carbocycles. The van der Waals surface area contributed by atoms with Crippen molar-refractivity contribution in [3.05, 3.63) is 236 Å². The van der Waals surface area contributed by atoms with Crippen LogP contribution in [0.1, 0.15) is 25.0 Å². The zero-order valence-electron chi connectivity index (χ0n) is 39.1. The predicted molar refractivity (Wildman–Crippen MR) is 295 cm³/mol. The summed E-state index contributed by atoms with van der Waals surface area (Å²) in [5.74, 6) is 1.83. The van der Waals surface area contributed by atoms with E-state index in [1.807, 2.05) is 6.07 Å². The second-order valence-corrected chi connectivity index (χ2v) is 19.5. The zero-order valence-corrected chi connectivity index (χ0v) is 39.1. The summed E-state index contributed by atoms with van der Waals surface area (Å²) in [6.45, 7) is 4.64. The molecule has 5 nitrogen and oxygen atoms in total. The van der Waals surface area contributed by atoms with Crippen LogP contribution in [0, 0.1) is 0 Å². The smallest absolute Gasteiger partial charge is 0.238 e. The Bertz CT molecular complexity index is 4500. The van der Waals surface area contributed by atoms with Gasteiger partial charge in [0.15, 0.2) is 11.6 Å². The molecule has 5 heteroatoms. The summed E-state index contributed by atoms with van der Waals surface area (Å²) in [6.07, 6.45) is 0. The van der Waals surface area contributed by atoms with Crippen molar-refractivity contribution >= 4 is 75.9 Å². The first-order valence-electron chi connectivity index (χ1n) is 24.4. The molecule has 0 saturated carbocycles. The molecule has 3 aromatic heterocycles.